The van der Waals surface area contributed by atoms with Crippen LogP contribution in [-0.4, -0.2) is 36.9 Å². The number of aliphatic carboxylic acids is 1. The smallest absolute Gasteiger partial charge is 0.303 e. The van der Waals surface area contributed by atoms with Crippen molar-refractivity contribution in [1.82, 2.24) is 4.31 Å². The van der Waals surface area contributed by atoms with Gasteiger partial charge in [0.05, 0.1) is 9.37 Å². The van der Waals surface area contributed by atoms with Crippen molar-refractivity contribution in [3.05, 3.63) is 28.5 Å². The fourth-order valence-electron chi connectivity index (χ4n) is 2.37. The quantitative estimate of drug-likeness (QED) is 0.852. The van der Waals surface area contributed by atoms with E-state index in [0.717, 1.165) is 6.07 Å². The molecule has 1 aromatic carbocycles. The fraction of sp³-hybridized carbons (Fsp3) is 0.462. The Morgan fingerprint density at radius 2 is 2.19 bits per heavy atom. The summed E-state index contributed by atoms with van der Waals surface area (Å²) in [5.74, 6) is -1.47. The van der Waals surface area contributed by atoms with Crippen molar-refractivity contribution >= 4 is 31.9 Å². The van der Waals surface area contributed by atoms with Crippen LogP contribution in [-0.2, 0) is 14.8 Å². The molecule has 1 unspecified atom stereocenters. The van der Waals surface area contributed by atoms with E-state index in [9.17, 15) is 17.6 Å². The number of benzene rings is 1. The molecule has 116 valence electrons. The molecule has 1 N–H and O–H groups in total. The third kappa shape index (κ3) is 3.81. The summed E-state index contributed by atoms with van der Waals surface area (Å²) in [6.45, 7) is 0.623. The molecule has 0 amide bonds. The number of carboxylic acid groups (broad SMARTS) is 1. The van der Waals surface area contributed by atoms with Crippen LogP contribution in [0, 0.1) is 11.7 Å². The Bertz CT molecular complexity index is 650. The van der Waals surface area contributed by atoms with Crippen molar-refractivity contribution in [2.75, 3.05) is 13.1 Å². The Morgan fingerprint density at radius 3 is 2.81 bits per heavy atom. The molecule has 0 bridgehead atoms. The summed E-state index contributed by atoms with van der Waals surface area (Å²) in [5.41, 5.74) is 0. The third-order valence-corrected chi connectivity index (χ3v) is 6.05. The van der Waals surface area contributed by atoms with Gasteiger partial charge in [0.2, 0.25) is 10.0 Å². The van der Waals surface area contributed by atoms with Crippen molar-refractivity contribution < 1.29 is 22.7 Å². The van der Waals surface area contributed by atoms with Crippen LogP contribution in [0.5, 0.6) is 0 Å². The van der Waals surface area contributed by atoms with Gasteiger partial charge in [-0.2, -0.15) is 4.31 Å². The maximum atomic E-state index is 13.5. The highest BCUT2D eigenvalue weighted by Gasteiger charge is 2.32. The minimum absolute atomic E-state index is 0.0332. The number of carboxylic acids is 1. The SMILES string of the molecule is O=C(O)CCC1CCN(S(=O)(=O)c2ccc(Br)c(F)c2)C1. The second kappa shape index (κ2) is 6.41. The lowest BCUT2D eigenvalue weighted by atomic mass is 10.0. The van der Waals surface area contributed by atoms with E-state index in [2.05, 4.69) is 15.9 Å². The van der Waals surface area contributed by atoms with Crippen molar-refractivity contribution in [2.24, 2.45) is 5.92 Å². The van der Waals surface area contributed by atoms with Gasteiger partial charge in [0.1, 0.15) is 5.82 Å². The van der Waals surface area contributed by atoms with Crippen LogP contribution in [0.25, 0.3) is 0 Å². The molecule has 0 spiro atoms. The molecule has 2 rings (SSSR count). The second-order valence-corrected chi connectivity index (χ2v) is 7.82. The number of sulfonamides is 1. The van der Waals surface area contributed by atoms with Gasteiger partial charge in [0.25, 0.3) is 0 Å². The molecule has 5 nitrogen and oxygen atoms in total. The van der Waals surface area contributed by atoms with Crippen LogP contribution >= 0.6 is 15.9 Å². The van der Waals surface area contributed by atoms with Crippen molar-refractivity contribution in [3.8, 4) is 0 Å². The molecule has 0 radical (unpaired) electrons. The van der Waals surface area contributed by atoms with E-state index in [4.69, 9.17) is 5.11 Å². The average molecular weight is 380 g/mol. The monoisotopic (exact) mass is 379 g/mol. The molecule has 1 heterocycles. The Hall–Kier alpha value is -0.990. The van der Waals surface area contributed by atoms with E-state index in [1.165, 1.54) is 16.4 Å². The predicted molar refractivity (Wildman–Crippen MR) is 77.8 cm³/mol. The number of hydrogen-bond acceptors (Lipinski definition) is 3. The summed E-state index contributed by atoms with van der Waals surface area (Å²) in [4.78, 5) is 10.5. The summed E-state index contributed by atoms with van der Waals surface area (Å²) < 4.78 is 39.8. The second-order valence-electron chi connectivity index (χ2n) is 5.03. The minimum Gasteiger partial charge on any atom is -0.481 e. The van der Waals surface area contributed by atoms with E-state index in [-0.39, 0.29) is 28.3 Å². The van der Waals surface area contributed by atoms with Gasteiger partial charge >= 0.3 is 5.97 Å². The maximum absolute atomic E-state index is 13.5. The number of hydrogen-bond donors (Lipinski definition) is 1. The third-order valence-electron chi connectivity index (χ3n) is 3.54. The Balaban J connectivity index is 2.10. The molecule has 0 aliphatic carbocycles. The van der Waals surface area contributed by atoms with E-state index in [1.807, 2.05) is 0 Å². The van der Waals surface area contributed by atoms with E-state index in [1.54, 1.807) is 0 Å². The van der Waals surface area contributed by atoms with Crippen molar-refractivity contribution in [3.63, 3.8) is 0 Å². The Labute approximate surface area is 130 Å². The molecule has 1 atom stereocenters. The number of carbonyl (C=O) groups is 1. The Morgan fingerprint density at radius 1 is 1.48 bits per heavy atom. The zero-order valence-corrected chi connectivity index (χ0v) is 13.5. The standard InChI is InChI=1S/C13H15BrFNO4S/c14-11-3-2-10(7-12(11)15)21(19,20)16-6-5-9(8-16)1-4-13(17)18/h2-3,7,9H,1,4-6,8H2,(H,17,18). The lowest BCUT2D eigenvalue weighted by Gasteiger charge is -2.16. The molecule has 21 heavy (non-hydrogen) atoms. The molecule has 1 saturated heterocycles. The number of halogens is 2. The summed E-state index contributed by atoms with van der Waals surface area (Å²) in [7, 11) is -3.72. The topological polar surface area (TPSA) is 74.7 Å². The van der Waals surface area contributed by atoms with Gasteiger partial charge in [-0.15, -0.1) is 0 Å². The van der Waals surface area contributed by atoms with Gasteiger partial charge in [0, 0.05) is 19.5 Å². The number of rotatable bonds is 5. The highest BCUT2D eigenvalue weighted by atomic mass is 79.9. The zero-order valence-electron chi connectivity index (χ0n) is 11.1. The summed E-state index contributed by atoms with van der Waals surface area (Å²) >= 11 is 2.98. The van der Waals surface area contributed by atoms with Crippen LogP contribution in [0.1, 0.15) is 19.3 Å². The molecule has 1 aliphatic rings. The van der Waals surface area contributed by atoms with Gasteiger partial charge in [-0.3, -0.25) is 4.79 Å². The zero-order chi connectivity index (χ0) is 15.6. The lowest BCUT2D eigenvalue weighted by Crippen LogP contribution is -2.29. The van der Waals surface area contributed by atoms with Crippen LogP contribution in [0.3, 0.4) is 0 Å². The molecule has 0 aromatic heterocycles. The normalized spacial score (nSPS) is 19.8. The van der Waals surface area contributed by atoms with Crippen molar-refractivity contribution in [2.45, 2.75) is 24.2 Å². The molecular weight excluding hydrogens is 365 g/mol. The van der Waals surface area contributed by atoms with E-state index in [0.29, 0.717) is 19.4 Å². The van der Waals surface area contributed by atoms with Crippen LogP contribution in [0.15, 0.2) is 27.6 Å². The first-order chi connectivity index (χ1) is 9.80. The number of nitrogens with zero attached hydrogens (tertiary/aromatic N) is 1. The highest BCUT2D eigenvalue weighted by molar-refractivity contribution is 9.10. The molecule has 1 aromatic rings. The predicted octanol–water partition coefficient (Wildman–Crippen LogP) is 2.46. The average Bonchev–Trinajstić information content (AvgIpc) is 2.89. The molecule has 8 heteroatoms. The van der Waals surface area contributed by atoms with Gasteiger partial charge in [-0.25, -0.2) is 12.8 Å². The van der Waals surface area contributed by atoms with Gasteiger partial charge in [0.15, 0.2) is 0 Å². The molecule has 1 aliphatic heterocycles. The summed E-state index contributed by atoms with van der Waals surface area (Å²) in [6, 6.07) is 3.71. The van der Waals surface area contributed by atoms with Crippen LogP contribution in [0.2, 0.25) is 0 Å². The summed E-state index contributed by atoms with van der Waals surface area (Å²) in [6.07, 6.45) is 1.12. The first-order valence-corrected chi connectivity index (χ1v) is 8.71. The molecule has 1 fully saturated rings. The van der Waals surface area contributed by atoms with Crippen LogP contribution in [0.4, 0.5) is 4.39 Å². The minimum atomic E-state index is -3.72. The van der Waals surface area contributed by atoms with Gasteiger partial charge in [-0.05, 0) is 52.9 Å². The molecular formula is C13H15BrFNO4S. The van der Waals surface area contributed by atoms with E-state index < -0.39 is 21.8 Å². The van der Waals surface area contributed by atoms with Gasteiger partial charge < -0.3 is 5.11 Å². The largest absolute Gasteiger partial charge is 0.481 e. The van der Waals surface area contributed by atoms with Crippen LogP contribution < -0.4 is 0 Å². The first-order valence-electron chi connectivity index (χ1n) is 6.47. The Kier molecular flexibility index (Phi) is 5.00. The van der Waals surface area contributed by atoms with Crippen molar-refractivity contribution in [1.29, 1.82) is 0 Å². The highest BCUT2D eigenvalue weighted by Crippen LogP contribution is 2.28. The lowest BCUT2D eigenvalue weighted by molar-refractivity contribution is -0.137. The summed E-state index contributed by atoms with van der Waals surface area (Å²) in [5, 5.41) is 8.66. The maximum Gasteiger partial charge on any atom is 0.303 e. The molecule has 0 saturated carbocycles. The fourth-order valence-corrected chi connectivity index (χ4v) is 4.16. The first kappa shape index (κ1) is 16.4. The van der Waals surface area contributed by atoms with E-state index >= 15 is 0 Å². The van der Waals surface area contributed by atoms with Gasteiger partial charge in [-0.1, -0.05) is 0 Å².